The number of carbonyl (C=O) groups is 3. The minimum Gasteiger partial charge on any atom is -0.459 e. The van der Waals surface area contributed by atoms with Crippen LogP contribution in [0, 0.1) is 0 Å². The third-order valence-electron chi connectivity index (χ3n) is 8.62. The van der Waals surface area contributed by atoms with E-state index in [-0.39, 0.29) is 24.5 Å². The van der Waals surface area contributed by atoms with Gasteiger partial charge in [0.15, 0.2) is 0 Å². The maximum absolute atomic E-state index is 13.0. The first-order valence-corrected chi connectivity index (χ1v) is 16.6. The van der Waals surface area contributed by atoms with E-state index < -0.39 is 11.1 Å². The number of esters is 2. The van der Waals surface area contributed by atoms with Crippen molar-refractivity contribution in [2.45, 2.75) is 88.5 Å². The van der Waals surface area contributed by atoms with Gasteiger partial charge in [-0.25, -0.2) is 9.78 Å². The third kappa shape index (κ3) is 8.55. The molecule has 1 heterocycles. The second-order valence-corrected chi connectivity index (χ2v) is 12.9. The summed E-state index contributed by atoms with van der Waals surface area (Å²) in [6, 6.07) is 24.7. The zero-order chi connectivity index (χ0) is 31.5. The molecule has 1 aromatic heterocycles. The lowest BCUT2D eigenvalue weighted by Crippen LogP contribution is -2.56. The second kappa shape index (κ2) is 15.3. The fourth-order valence-electron chi connectivity index (χ4n) is 5.94. The molecule has 2 aliphatic carbocycles. The van der Waals surface area contributed by atoms with Gasteiger partial charge in [-0.05, 0) is 55.0 Å². The SMILES string of the molecule is NC1(C(=O)OCc2ccccc2)CCCCC1.O=C(NC1(C(=O)OCc2ccccc2)CCCCC1)c1ccc2ncsc2c1. The molecular weight excluding hydrogens is 586 g/mol. The number of ether oxygens (including phenoxy) is 2. The third-order valence-corrected chi connectivity index (χ3v) is 9.41. The van der Waals surface area contributed by atoms with E-state index in [0.717, 1.165) is 66.3 Å². The van der Waals surface area contributed by atoms with E-state index in [1.54, 1.807) is 11.6 Å². The van der Waals surface area contributed by atoms with Crippen LogP contribution in [0.4, 0.5) is 0 Å². The normalized spacial score (nSPS) is 16.9. The van der Waals surface area contributed by atoms with Crippen molar-refractivity contribution in [3.63, 3.8) is 0 Å². The number of nitrogens with two attached hydrogens (primary N) is 1. The van der Waals surface area contributed by atoms with Crippen LogP contribution in [0.15, 0.2) is 84.4 Å². The lowest BCUT2D eigenvalue weighted by Gasteiger charge is -2.35. The Morgan fingerprint density at radius 3 is 1.89 bits per heavy atom. The minimum absolute atomic E-state index is 0.212. The number of hydrogen-bond donors (Lipinski definition) is 2. The molecule has 0 radical (unpaired) electrons. The quantitative estimate of drug-likeness (QED) is 0.205. The summed E-state index contributed by atoms with van der Waals surface area (Å²) in [6.07, 6.45) is 8.80. The summed E-state index contributed by atoms with van der Waals surface area (Å²) >= 11 is 1.49. The van der Waals surface area contributed by atoms with Gasteiger partial charge in [0.25, 0.3) is 5.91 Å². The Balaban J connectivity index is 0.000000201. The highest BCUT2D eigenvalue weighted by atomic mass is 32.1. The van der Waals surface area contributed by atoms with E-state index in [1.807, 2.05) is 72.8 Å². The summed E-state index contributed by atoms with van der Waals surface area (Å²) in [4.78, 5) is 42.1. The molecule has 0 unspecified atom stereocenters. The van der Waals surface area contributed by atoms with Crippen molar-refractivity contribution in [3.8, 4) is 0 Å². The summed E-state index contributed by atoms with van der Waals surface area (Å²) < 4.78 is 11.9. The van der Waals surface area contributed by atoms with E-state index in [1.165, 1.54) is 17.8 Å². The first-order valence-electron chi connectivity index (χ1n) is 15.7. The van der Waals surface area contributed by atoms with Gasteiger partial charge in [-0.3, -0.25) is 9.59 Å². The number of fused-ring (bicyclic) bond motifs is 1. The zero-order valence-corrected chi connectivity index (χ0v) is 26.4. The average Bonchev–Trinajstić information content (AvgIpc) is 3.56. The molecule has 236 valence electrons. The number of aromatic nitrogens is 1. The van der Waals surface area contributed by atoms with Crippen LogP contribution < -0.4 is 11.1 Å². The molecule has 1 amide bonds. The van der Waals surface area contributed by atoms with Crippen LogP contribution in [0.5, 0.6) is 0 Å². The number of nitrogens with zero attached hydrogens (tertiary/aromatic N) is 1. The number of benzene rings is 3. The van der Waals surface area contributed by atoms with Crippen LogP contribution in [0.1, 0.15) is 85.7 Å². The molecule has 45 heavy (non-hydrogen) atoms. The monoisotopic (exact) mass is 627 g/mol. The molecule has 2 fully saturated rings. The largest absolute Gasteiger partial charge is 0.459 e. The molecule has 6 rings (SSSR count). The van der Waals surface area contributed by atoms with Gasteiger partial charge in [0.05, 0.1) is 15.7 Å². The van der Waals surface area contributed by atoms with Crippen LogP contribution in [-0.2, 0) is 32.3 Å². The predicted molar refractivity (Wildman–Crippen MR) is 175 cm³/mol. The lowest BCUT2D eigenvalue weighted by molar-refractivity contribution is -0.154. The highest BCUT2D eigenvalue weighted by Gasteiger charge is 2.42. The van der Waals surface area contributed by atoms with Crippen molar-refractivity contribution in [2.24, 2.45) is 5.73 Å². The Hall–Kier alpha value is -4.08. The number of thiazole rings is 1. The summed E-state index contributed by atoms with van der Waals surface area (Å²) in [6.45, 7) is 0.530. The average molecular weight is 628 g/mol. The molecule has 3 N–H and O–H groups in total. The standard InChI is InChI=1S/C22H22N2O3S.C14H19NO2/c25-20(17-9-10-18-19(13-17)28-15-23-18)24-22(11-5-2-6-12-22)21(26)27-14-16-7-3-1-4-8-16;15-14(9-5-2-6-10-14)13(16)17-11-12-7-3-1-4-8-12/h1,3-4,7-10,13,15H,2,5-6,11-12,14H2,(H,24,25);1,3-4,7-8H,2,5-6,9-11,15H2. The van der Waals surface area contributed by atoms with Crippen molar-refractivity contribution < 1.29 is 23.9 Å². The molecule has 0 bridgehead atoms. The fourth-order valence-corrected chi connectivity index (χ4v) is 6.65. The predicted octanol–water partition coefficient (Wildman–Crippen LogP) is 6.86. The van der Waals surface area contributed by atoms with Gasteiger partial charge in [-0.1, -0.05) is 99.2 Å². The maximum Gasteiger partial charge on any atom is 0.332 e. The summed E-state index contributed by atoms with van der Waals surface area (Å²) in [5, 5.41) is 3.01. The van der Waals surface area contributed by atoms with Crippen molar-refractivity contribution >= 4 is 39.4 Å². The van der Waals surface area contributed by atoms with Gasteiger partial charge in [0.2, 0.25) is 0 Å². The number of hydrogen-bond acceptors (Lipinski definition) is 8. The summed E-state index contributed by atoms with van der Waals surface area (Å²) in [7, 11) is 0. The Bertz CT molecular complexity index is 1560. The Morgan fingerprint density at radius 2 is 1.29 bits per heavy atom. The number of carbonyl (C=O) groups excluding carboxylic acids is 3. The van der Waals surface area contributed by atoms with Gasteiger partial charge >= 0.3 is 11.9 Å². The van der Waals surface area contributed by atoms with Gasteiger partial charge in [-0.2, -0.15) is 0 Å². The molecule has 0 aliphatic heterocycles. The van der Waals surface area contributed by atoms with E-state index in [4.69, 9.17) is 15.2 Å². The topological polar surface area (TPSA) is 121 Å². The molecule has 0 atom stereocenters. The Labute approximate surface area is 268 Å². The molecule has 2 aliphatic rings. The number of nitrogens with one attached hydrogen (secondary N) is 1. The molecule has 2 saturated carbocycles. The van der Waals surface area contributed by atoms with E-state index in [2.05, 4.69) is 10.3 Å². The van der Waals surface area contributed by atoms with Crippen molar-refractivity contribution in [1.82, 2.24) is 10.3 Å². The van der Waals surface area contributed by atoms with Crippen LogP contribution in [0.25, 0.3) is 10.2 Å². The van der Waals surface area contributed by atoms with E-state index >= 15 is 0 Å². The van der Waals surface area contributed by atoms with E-state index in [9.17, 15) is 14.4 Å². The summed E-state index contributed by atoms with van der Waals surface area (Å²) in [5.74, 6) is -0.835. The highest BCUT2D eigenvalue weighted by Crippen LogP contribution is 2.31. The Morgan fingerprint density at radius 1 is 0.733 bits per heavy atom. The zero-order valence-electron chi connectivity index (χ0n) is 25.5. The second-order valence-electron chi connectivity index (χ2n) is 12.0. The molecule has 3 aromatic carbocycles. The van der Waals surface area contributed by atoms with Gasteiger partial charge in [-0.15, -0.1) is 11.3 Å². The minimum atomic E-state index is -0.952. The van der Waals surface area contributed by atoms with Crippen molar-refractivity contribution in [3.05, 3.63) is 101 Å². The van der Waals surface area contributed by atoms with Crippen molar-refractivity contribution in [2.75, 3.05) is 0 Å². The van der Waals surface area contributed by atoms with Crippen LogP contribution in [0.2, 0.25) is 0 Å². The molecule has 9 heteroatoms. The Kier molecular flexibility index (Phi) is 11.0. The molecule has 0 saturated heterocycles. The smallest absolute Gasteiger partial charge is 0.332 e. The fraction of sp³-hybridized carbons (Fsp3) is 0.389. The first-order chi connectivity index (χ1) is 21.9. The van der Waals surface area contributed by atoms with Crippen LogP contribution in [0.3, 0.4) is 0 Å². The summed E-state index contributed by atoms with van der Waals surface area (Å²) in [5.41, 5.74) is 9.50. The van der Waals surface area contributed by atoms with Crippen molar-refractivity contribution in [1.29, 1.82) is 0 Å². The van der Waals surface area contributed by atoms with Gasteiger partial charge in [0, 0.05) is 5.56 Å². The number of amides is 1. The van der Waals surface area contributed by atoms with E-state index in [0.29, 0.717) is 25.0 Å². The molecule has 8 nitrogen and oxygen atoms in total. The maximum atomic E-state index is 13.0. The van der Waals surface area contributed by atoms with Gasteiger partial charge in [0.1, 0.15) is 24.3 Å². The molecule has 0 spiro atoms. The number of rotatable bonds is 8. The van der Waals surface area contributed by atoms with Crippen LogP contribution in [-0.4, -0.2) is 33.9 Å². The van der Waals surface area contributed by atoms with Gasteiger partial charge < -0.3 is 20.5 Å². The lowest BCUT2D eigenvalue weighted by atomic mass is 9.81. The molecular formula is C36H41N3O5S. The highest BCUT2D eigenvalue weighted by molar-refractivity contribution is 7.16. The first kappa shape index (κ1) is 32.3. The molecule has 4 aromatic rings. The van der Waals surface area contributed by atoms with Crippen LogP contribution >= 0.6 is 11.3 Å².